The summed E-state index contributed by atoms with van der Waals surface area (Å²) in [4.78, 5) is 18.7. The molecule has 0 bridgehead atoms. The molecule has 1 aromatic carbocycles. The minimum Gasteiger partial charge on any atom is -0.378 e. The number of rotatable bonds is 4. The number of morpholine rings is 1. The molecule has 8 nitrogen and oxygen atoms in total. The molecule has 0 aliphatic carbocycles. The molecular weight excluding hydrogens is 444 g/mol. The summed E-state index contributed by atoms with van der Waals surface area (Å²) in [5.41, 5.74) is 1.92. The van der Waals surface area contributed by atoms with E-state index in [0.29, 0.717) is 55.0 Å². The molecule has 0 saturated carbocycles. The zero-order chi connectivity index (χ0) is 21.1. The molecule has 11 heteroatoms. The van der Waals surface area contributed by atoms with E-state index in [1.54, 1.807) is 0 Å². The maximum absolute atomic E-state index is 12.6. The summed E-state index contributed by atoms with van der Waals surface area (Å²) in [6.07, 6.45) is 0. The molecule has 1 N–H and O–H groups in total. The molecule has 0 unspecified atom stereocenters. The van der Waals surface area contributed by atoms with Crippen LogP contribution in [0, 0.1) is 10.9 Å². The number of nitrogens with one attached hydrogen (secondary N) is 1. The zero-order valence-electron chi connectivity index (χ0n) is 16.8. The quantitative estimate of drug-likeness (QED) is 0.694. The number of piperazine rings is 1. The van der Waals surface area contributed by atoms with E-state index in [4.69, 9.17) is 28.6 Å². The topological polar surface area (TPSA) is 65.9 Å². The first kappa shape index (κ1) is 21.5. The van der Waals surface area contributed by atoms with Crippen LogP contribution in [0.3, 0.4) is 0 Å². The fraction of sp³-hybridized carbons (Fsp3) is 0.526. The standard InChI is InChI=1S/C19H25ClN6O2S2/c1-14-2-3-15(12-16(14)20)21-17-22-26(19(29)30-17)13-23-4-6-24(7-5-23)18(27)25-8-10-28-11-9-25/h2-3,12H,4-11,13H2,1H3,(H,21,22). The first-order valence-corrected chi connectivity index (χ1v) is 11.5. The summed E-state index contributed by atoms with van der Waals surface area (Å²) in [5.74, 6) is 0. The van der Waals surface area contributed by atoms with Gasteiger partial charge < -0.3 is 19.9 Å². The molecule has 2 fully saturated rings. The first-order valence-electron chi connectivity index (χ1n) is 9.95. The largest absolute Gasteiger partial charge is 0.378 e. The van der Waals surface area contributed by atoms with Gasteiger partial charge in [-0.3, -0.25) is 4.90 Å². The highest BCUT2D eigenvalue weighted by Crippen LogP contribution is 2.25. The molecule has 2 aliphatic rings. The molecule has 2 aromatic rings. The highest BCUT2D eigenvalue weighted by atomic mass is 35.5. The number of carbonyl (C=O) groups is 1. The fourth-order valence-corrected chi connectivity index (χ4v) is 4.66. The molecule has 30 heavy (non-hydrogen) atoms. The van der Waals surface area contributed by atoms with E-state index >= 15 is 0 Å². The highest BCUT2D eigenvalue weighted by molar-refractivity contribution is 7.73. The van der Waals surface area contributed by atoms with Crippen LogP contribution in [0.5, 0.6) is 0 Å². The van der Waals surface area contributed by atoms with Gasteiger partial charge >= 0.3 is 6.03 Å². The smallest absolute Gasteiger partial charge is 0.320 e. The van der Waals surface area contributed by atoms with Crippen molar-refractivity contribution in [2.45, 2.75) is 13.6 Å². The van der Waals surface area contributed by atoms with Crippen molar-refractivity contribution in [3.8, 4) is 0 Å². The van der Waals surface area contributed by atoms with Crippen molar-refractivity contribution in [2.75, 3.05) is 57.8 Å². The Morgan fingerprint density at radius 2 is 1.90 bits per heavy atom. The lowest BCUT2D eigenvalue weighted by atomic mass is 10.2. The summed E-state index contributed by atoms with van der Waals surface area (Å²) < 4.78 is 7.87. The fourth-order valence-electron chi connectivity index (χ4n) is 3.46. The Morgan fingerprint density at radius 1 is 1.20 bits per heavy atom. The van der Waals surface area contributed by atoms with E-state index < -0.39 is 0 Å². The van der Waals surface area contributed by atoms with E-state index in [9.17, 15) is 4.79 Å². The number of ether oxygens (including phenoxy) is 1. The van der Waals surface area contributed by atoms with Gasteiger partial charge in [-0.2, -0.15) is 0 Å². The van der Waals surface area contributed by atoms with Crippen molar-refractivity contribution in [1.29, 1.82) is 0 Å². The third kappa shape index (κ3) is 5.12. The Hall–Kier alpha value is -1.72. The van der Waals surface area contributed by atoms with Crippen LogP contribution in [0.4, 0.5) is 15.6 Å². The number of nitrogens with zero attached hydrogens (tertiary/aromatic N) is 5. The molecular formula is C19H25ClN6O2S2. The minimum absolute atomic E-state index is 0.117. The molecule has 162 valence electrons. The van der Waals surface area contributed by atoms with Gasteiger partial charge in [-0.1, -0.05) is 29.0 Å². The second kappa shape index (κ2) is 9.61. The second-order valence-electron chi connectivity index (χ2n) is 7.39. The van der Waals surface area contributed by atoms with Gasteiger partial charge in [0.15, 0.2) is 3.95 Å². The van der Waals surface area contributed by atoms with Crippen molar-refractivity contribution in [1.82, 2.24) is 24.5 Å². The predicted octanol–water partition coefficient (Wildman–Crippen LogP) is 3.41. The summed E-state index contributed by atoms with van der Waals surface area (Å²) in [6, 6.07) is 5.95. The normalized spacial score (nSPS) is 17.9. The zero-order valence-corrected chi connectivity index (χ0v) is 19.2. The van der Waals surface area contributed by atoms with E-state index in [2.05, 4.69) is 15.3 Å². The van der Waals surface area contributed by atoms with Gasteiger partial charge in [0.1, 0.15) is 0 Å². The third-order valence-electron chi connectivity index (χ3n) is 5.29. The van der Waals surface area contributed by atoms with Crippen LogP contribution in [0.25, 0.3) is 0 Å². The van der Waals surface area contributed by atoms with Crippen molar-refractivity contribution in [2.24, 2.45) is 0 Å². The molecule has 3 heterocycles. The Morgan fingerprint density at radius 3 is 2.60 bits per heavy atom. The monoisotopic (exact) mass is 468 g/mol. The number of aryl methyl sites for hydroxylation is 1. The Balaban J connectivity index is 1.31. The lowest BCUT2D eigenvalue weighted by Gasteiger charge is -2.38. The predicted molar refractivity (Wildman–Crippen MR) is 121 cm³/mol. The number of urea groups is 1. The van der Waals surface area contributed by atoms with Crippen molar-refractivity contribution < 1.29 is 9.53 Å². The number of halogens is 1. The Kier molecular flexibility index (Phi) is 6.89. The van der Waals surface area contributed by atoms with Crippen LogP contribution in [-0.4, -0.2) is 83.0 Å². The number of carbonyl (C=O) groups excluding carboxylic acids is 1. The Bertz CT molecular complexity index is 951. The lowest BCUT2D eigenvalue weighted by Crippen LogP contribution is -2.54. The molecule has 2 saturated heterocycles. The van der Waals surface area contributed by atoms with Crippen LogP contribution < -0.4 is 5.32 Å². The number of hydrogen-bond donors (Lipinski definition) is 1. The lowest BCUT2D eigenvalue weighted by molar-refractivity contribution is 0.0354. The van der Waals surface area contributed by atoms with Gasteiger partial charge in [0.2, 0.25) is 5.13 Å². The van der Waals surface area contributed by atoms with E-state index in [0.717, 1.165) is 29.5 Å². The number of amides is 2. The van der Waals surface area contributed by atoms with Gasteiger partial charge in [-0.15, -0.1) is 5.10 Å². The molecule has 4 rings (SSSR count). The van der Waals surface area contributed by atoms with Crippen molar-refractivity contribution >= 4 is 52.0 Å². The van der Waals surface area contributed by atoms with Gasteiger partial charge in [-0.25, -0.2) is 9.48 Å². The number of aromatic nitrogens is 2. The molecule has 2 amide bonds. The van der Waals surface area contributed by atoms with Crippen LogP contribution in [-0.2, 0) is 11.4 Å². The van der Waals surface area contributed by atoms with Gasteiger partial charge in [0.25, 0.3) is 0 Å². The summed E-state index contributed by atoms with van der Waals surface area (Å²) in [7, 11) is 0. The number of anilines is 2. The molecule has 0 spiro atoms. The van der Waals surface area contributed by atoms with Crippen LogP contribution in [0.2, 0.25) is 5.02 Å². The van der Waals surface area contributed by atoms with E-state index in [-0.39, 0.29) is 6.03 Å². The summed E-state index contributed by atoms with van der Waals surface area (Å²) in [6.45, 7) is 8.20. The van der Waals surface area contributed by atoms with Gasteiger partial charge in [-0.05, 0) is 36.8 Å². The van der Waals surface area contributed by atoms with Crippen molar-refractivity contribution in [3.63, 3.8) is 0 Å². The van der Waals surface area contributed by atoms with E-state index in [1.807, 2.05) is 39.6 Å². The first-order chi connectivity index (χ1) is 14.5. The number of benzene rings is 1. The SMILES string of the molecule is Cc1ccc(Nc2nn(CN3CCN(C(=O)N4CCOCC4)CC3)c(=S)s2)cc1Cl. The third-order valence-corrected chi connectivity index (χ3v) is 6.92. The Labute approximate surface area is 190 Å². The minimum atomic E-state index is 0.117. The maximum Gasteiger partial charge on any atom is 0.320 e. The van der Waals surface area contributed by atoms with Crippen LogP contribution >= 0.6 is 35.2 Å². The number of hydrogen-bond acceptors (Lipinski definition) is 7. The van der Waals surface area contributed by atoms with Crippen LogP contribution in [0.1, 0.15) is 5.56 Å². The van der Waals surface area contributed by atoms with Crippen molar-refractivity contribution in [3.05, 3.63) is 32.7 Å². The molecule has 1 aromatic heterocycles. The van der Waals surface area contributed by atoms with Gasteiger partial charge in [0.05, 0.1) is 19.9 Å². The average Bonchev–Trinajstić information content (AvgIpc) is 3.10. The summed E-state index contributed by atoms with van der Waals surface area (Å²) >= 11 is 13.1. The molecule has 0 radical (unpaired) electrons. The molecule has 2 aliphatic heterocycles. The highest BCUT2D eigenvalue weighted by Gasteiger charge is 2.26. The van der Waals surface area contributed by atoms with Gasteiger partial charge in [0, 0.05) is 50.0 Å². The van der Waals surface area contributed by atoms with Crippen LogP contribution in [0.15, 0.2) is 18.2 Å². The van der Waals surface area contributed by atoms with E-state index in [1.165, 1.54) is 11.3 Å². The average molecular weight is 469 g/mol. The second-order valence-corrected chi connectivity index (χ2v) is 9.42. The molecule has 0 atom stereocenters. The summed E-state index contributed by atoms with van der Waals surface area (Å²) in [5, 5.41) is 9.34. The maximum atomic E-state index is 12.6.